The first-order valence-electron chi connectivity index (χ1n) is 11.1. The van der Waals surface area contributed by atoms with Crippen LogP contribution in [0.1, 0.15) is 43.2 Å². The second kappa shape index (κ2) is 9.96. The minimum atomic E-state index is -0.830. The van der Waals surface area contributed by atoms with Crippen LogP contribution in [0.2, 0.25) is 0 Å². The summed E-state index contributed by atoms with van der Waals surface area (Å²) in [5.74, 6) is -0.411. The summed E-state index contributed by atoms with van der Waals surface area (Å²) in [5, 5.41) is 10.2. The molecule has 1 N–H and O–H groups in total. The zero-order valence-electron chi connectivity index (χ0n) is 17.7. The van der Waals surface area contributed by atoms with Gasteiger partial charge in [0, 0.05) is 13.1 Å². The van der Waals surface area contributed by atoms with Crippen LogP contribution in [0.4, 0.5) is 4.79 Å². The van der Waals surface area contributed by atoms with E-state index < -0.39 is 18.1 Å². The SMILES string of the molecule is O=C(OC1CCCCC1)C1C(CO)N(Cc2ccccc2)C(=O)N1Cc1ccccc1. The highest BCUT2D eigenvalue weighted by Crippen LogP contribution is 2.30. The first kappa shape index (κ1) is 21.4. The molecule has 164 valence electrons. The maximum absolute atomic E-state index is 13.4. The van der Waals surface area contributed by atoms with Crippen LogP contribution in [-0.4, -0.2) is 51.7 Å². The minimum absolute atomic E-state index is 0.0996. The number of benzene rings is 2. The number of aliphatic hydroxyl groups excluding tert-OH is 1. The highest BCUT2D eigenvalue weighted by Gasteiger charge is 2.50. The molecule has 1 aliphatic carbocycles. The summed E-state index contributed by atoms with van der Waals surface area (Å²) in [6, 6.07) is 17.5. The van der Waals surface area contributed by atoms with Gasteiger partial charge in [0.05, 0.1) is 12.6 Å². The molecule has 1 saturated heterocycles. The molecule has 31 heavy (non-hydrogen) atoms. The molecule has 2 aromatic rings. The summed E-state index contributed by atoms with van der Waals surface area (Å²) in [7, 11) is 0. The van der Waals surface area contributed by atoms with Gasteiger partial charge in [-0.05, 0) is 36.8 Å². The number of esters is 1. The minimum Gasteiger partial charge on any atom is -0.461 e. The molecule has 1 aliphatic heterocycles. The largest absolute Gasteiger partial charge is 0.461 e. The van der Waals surface area contributed by atoms with Crippen LogP contribution in [0.25, 0.3) is 0 Å². The average molecular weight is 423 g/mol. The predicted octanol–water partition coefficient (Wildman–Crippen LogP) is 3.73. The number of urea groups is 1. The van der Waals surface area contributed by atoms with Gasteiger partial charge in [0.2, 0.25) is 0 Å². The maximum atomic E-state index is 13.4. The molecule has 1 heterocycles. The van der Waals surface area contributed by atoms with Crippen LogP contribution < -0.4 is 0 Å². The Kier molecular flexibility index (Phi) is 6.87. The van der Waals surface area contributed by atoms with Gasteiger partial charge in [-0.15, -0.1) is 0 Å². The molecule has 6 nitrogen and oxygen atoms in total. The van der Waals surface area contributed by atoms with Crippen LogP contribution in [0.15, 0.2) is 60.7 Å². The van der Waals surface area contributed by atoms with Gasteiger partial charge in [-0.1, -0.05) is 67.1 Å². The molecule has 1 saturated carbocycles. The summed E-state index contributed by atoms with van der Waals surface area (Å²) >= 11 is 0. The molecule has 2 amide bonds. The van der Waals surface area contributed by atoms with E-state index in [1.807, 2.05) is 60.7 Å². The molecular weight excluding hydrogens is 392 g/mol. The maximum Gasteiger partial charge on any atom is 0.331 e. The second-order valence-corrected chi connectivity index (χ2v) is 8.40. The van der Waals surface area contributed by atoms with Crippen molar-refractivity contribution in [2.45, 2.75) is 63.4 Å². The molecule has 0 bridgehead atoms. The standard InChI is InChI=1S/C25H30N2O4/c28-18-22-23(24(29)31-21-14-8-3-9-15-21)27(17-20-12-6-2-7-13-20)25(30)26(22)16-19-10-4-1-5-11-19/h1-2,4-7,10-13,21-23,28H,3,8-9,14-18H2. The van der Waals surface area contributed by atoms with Gasteiger partial charge < -0.3 is 19.6 Å². The van der Waals surface area contributed by atoms with Crippen molar-refractivity contribution < 1.29 is 19.4 Å². The Bertz CT molecular complexity index is 868. The monoisotopic (exact) mass is 422 g/mol. The Morgan fingerprint density at radius 2 is 1.42 bits per heavy atom. The summed E-state index contributed by atoms with van der Waals surface area (Å²) in [6.07, 6.45) is 4.90. The van der Waals surface area contributed by atoms with Gasteiger partial charge in [-0.25, -0.2) is 9.59 Å². The van der Waals surface area contributed by atoms with Crippen LogP contribution in [0.3, 0.4) is 0 Å². The van der Waals surface area contributed by atoms with E-state index in [-0.39, 0.29) is 18.7 Å². The fourth-order valence-corrected chi connectivity index (χ4v) is 4.61. The highest BCUT2D eigenvalue weighted by atomic mass is 16.5. The summed E-state index contributed by atoms with van der Waals surface area (Å²) in [6.45, 7) is 0.337. The molecule has 0 spiro atoms. The van der Waals surface area contributed by atoms with Crippen molar-refractivity contribution in [3.8, 4) is 0 Å². The number of rotatable bonds is 7. The summed E-state index contributed by atoms with van der Waals surface area (Å²) in [5.41, 5.74) is 1.89. The Hall–Kier alpha value is -2.86. The summed E-state index contributed by atoms with van der Waals surface area (Å²) in [4.78, 5) is 29.9. The van der Waals surface area contributed by atoms with Gasteiger partial charge >= 0.3 is 12.0 Å². The average Bonchev–Trinajstić information content (AvgIpc) is 3.06. The van der Waals surface area contributed by atoms with Gasteiger partial charge in [0.1, 0.15) is 6.10 Å². The third-order valence-electron chi connectivity index (χ3n) is 6.25. The normalized spacial score (nSPS) is 22.0. The molecule has 0 aromatic heterocycles. The number of hydrogen-bond donors (Lipinski definition) is 1. The molecule has 2 atom stereocenters. The molecule has 4 rings (SSSR count). The third kappa shape index (κ3) is 4.90. The van der Waals surface area contributed by atoms with Crippen molar-refractivity contribution in [2.24, 2.45) is 0 Å². The smallest absolute Gasteiger partial charge is 0.331 e. The first-order valence-corrected chi connectivity index (χ1v) is 11.1. The predicted molar refractivity (Wildman–Crippen MR) is 117 cm³/mol. The first-order chi connectivity index (χ1) is 15.2. The lowest BCUT2D eigenvalue weighted by Gasteiger charge is -2.28. The Morgan fingerprint density at radius 1 is 0.871 bits per heavy atom. The van der Waals surface area contributed by atoms with Crippen LogP contribution >= 0.6 is 0 Å². The van der Waals surface area contributed by atoms with E-state index in [0.29, 0.717) is 13.1 Å². The molecular formula is C25H30N2O4. The highest BCUT2D eigenvalue weighted by molar-refractivity contribution is 5.88. The summed E-state index contributed by atoms with van der Waals surface area (Å²) < 4.78 is 5.85. The van der Waals surface area contributed by atoms with Crippen LogP contribution in [0, 0.1) is 0 Å². The molecule has 0 radical (unpaired) electrons. The zero-order chi connectivity index (χ0) is 21.6. The van der Waals surface area contributed by atoms with Crippen molar-refractivity contribution in [1.82, 2.24) is 9.80 Å². The third-order valence-corrected chi connectivity index (χ3v) is 6.25. The zero-order valence-corrected chi connectivity index (χ0v) is 17.7. The molecule has 2 aliphatic rings. The Morgan fingerprint density at radius 3 is 1.97 bits per heavy atom. The van der Waals surface area contributed by atoms with Crippen molar-refractivity contribution in [2.75, 3.05) is 6.61 Å². The van der Waals surface area contributed by atoms with Gasteiger partial charge in [0.25, 0.3) is 0 Å². The van der Waals surface area contributed by atoms with Crippen molar-refractivity contribution >= 4 is 12.0 Å². The van der Waals surface area contributed by atoms with E-state index in [2.05, 4.69) is 0 Å². The lowest BCUT2D eigenvalue weighted by molar-refractivity contribution is -0.156. The fraction of sp³-hybridized carbons (Fsp3) is 0.440. The van der Waals surface area contributed by atoms with E-state index in [4.69, 9.17) is 4.74 Å². The van der Waals surface area contributed by atoms with E-state index in [1.54, 1.807) is 9.80 Å². The van der Waals surface area contributed by atoms with E-state index in [1.165, 1.54) is 6.42 Å². The van der Waals surface area contributed by atoms with Crippen LogP contribution in [-0.2, 0) is 22.6 Å². The van der Waals surface area contributed by atoms with Gasteiger partial charge in [-0.3, -0.25) is 0 Å². The lowest BCUT2D eigenvalue weighted by atomic mass is 9.97. The number of carbonyl (C=O) groups is 2. The van der Waals surface area contributed by atoms with E-state index in [9.17, 15) is 14.7 Å². The van der Waals surface area contributed by atoms with Crippen molar-refractivity contribution in [3.63, 3.8) is 0 Å². The number of hydrogen-bond acceptors (Lipinski definition) is 4. The van der Waals surface area contributed by atoms with Gasteiger partial charge in [-0.2, -0.15) is 0 Å². The Balaban J connectivity index is 1.59. The number of nitrogens with zero attached hydrogens (tertiary/aromatic N) is 2. The lowest BCUT2D eigenvalue weighted by Crippen LogP contribution is -2.47. The number of aliphatic hydroxyl groups is 1. The molecule has 6 heteroatoms. The van der Waals surface area contributed by atoms with E-state index in [0.717, 1.165) is 36.8 Å². The van der Waals surface area contributed by atoms with E-state index >= 15 is 0 Å². The van der Waals surface area contributed by atoms with Crippen molar-refractivity contribution in [1.29, 1.82) is 0 Å². The topological polar surface area (TPSA) is 70.1 Å². The molecule has 2 aromatic carbocycles. The van der Waals surface area contributed by atoms with Crippen molar-refractivity contribution in [3.05, 3.63) is 71.8 Å². The Labute approximate surface area is 183 Å². The fourth-order valence-electron chi connectivity index (χ4n) is 4.61. The quantitative estimate of drug-likeness (QED) is 0.691. The van der Waals surface area contributed by atoms with Crippen LogP contribution in [0.5, 0.6) is 0 Å². The molecule has 2 unspecified atom stereocenters. The van der Waals surface area contributed by atoms with Gasteiger partial charge in [0.15, 0.2) is 6.04 Å². The molecule has 2 fully saturated rings. The second-order valence-electron chi connectivity index (χ2n) is 8.40. The number of carbonyl (C=O) groups excluding carboxylic acids is 2. The number of ether oxygens (including phenoxy) is 1. The number of amides is 2.